The van der Waals surface area contributed by atoms with E-state index in [1.165, 1.54) is 0 Å². The van der Waals surface area contributed by atoms with Crippen LogP contribution in [0.4, 0.5) is 0 Å². The molecule has 0 heterocycles. The first-order valence-electron chi connectivity index (χ1n) is 11.7. The number of rotatable bonds is 0. The molecule has 176 valence electrons. The molecule has 6 heteroatoms. The van der Waals surface area contributed by atoms with E-state index in [1.54, 1.807) is 13.8 Å². The maximum atomic E-state index is 12.3. The largest absolute Gasteiger partial charge is 0.299 e. The van der Waals surface area contributed by atoms with Gasteiger partial charge >= 0.3 is 0 Å². The molecule has 0 aliphatic heterocycles. The van der Waals surface area contributed by atoms with Crippen molar-refractivity contribution in [2.24, 2.45) is 45.3 Å². The molecule has 0 aromatic heterocycles. The van der Waals surface area contributed by atoms with Gasteiger partial charge in [0.25, 0.3) is 0 Å². The highest BCUT2D eigenvalue weighted by atomic mass is 16.2. The average Bonchev–Trinajstić information content (AvgIpc) is 2.69. The molecule has 4 rings (SSSR count). The lowest BCUT2D eigenvalue weighted by molar-refractivity contribution is -0.165. The van der Waals surface area contributed by atoms with Crippen LogP contribution in [0.5, 0.6) is 0 Å². The van der Waals surface area contributed by atoms with E-state index < -0.39 is 33.5 Å². The van der Waals surface area contributed by atoms with Gasteiger partial charge in [-0.25, -0.2) is 0 Å². The van der Waals surface area contributed by atoms with Gasteiger partial charge in [0.15, 0.2) is 23.1 Å². The predicted molar refractivity (Wildman–Crippen MR) is 118 cm³/mol. The van der Waals surface area contributed by atoms with Gasteiger partial charge in [-0.1, -0.05) is 41.5 Å². The number of ketones is 6. The van der Waals surface area contributed by atoms with Gasteiger partial charge in [0.2, 0.25) is 0 Å². The first kappa shape index (κ1) is 24.7. The quantitative estimate of drug-likeness (QED) is 0.529. The van der Waals surface area contributed by atoms with Gasteiger partial charge < -0.3 is 0 Å². The van der Waals surface area contributed by atoms with Crippen LogP contribution >= 0.6 is 0 Å². The number of carbonyl (C=O) groups excluding carboxylic acids is 6. The summed E-state index contributed by atoms with van der Waals surface area (Å²) in [6, 6.07) is 0. The van der Waals surface area contributed by atoms with Gasteiger partial charge in [0, 0.05) is 22.7 Å². The van der Waals surface area contributed by atoms with Gasteiger partial charge in [-0.2, -0.15) is 0 Å². The second-order valence-electron chi connectivity index (χ2n) is 12.3. The van der Waals surface area contributed by atoms with Gasteiger partial charge in [-0.05, 0) is 39.5 Å². The molecule has 32 heavy (non-hydrogen) atoms. The summed E-state index contributed by atoms with van der Waals surface area (Å²) >= 11 is 0. The molecule has 0 N–H and O–H groups in total. The van der Waals surface area contributed by atoms with Crippen molar-refractivity contribution in [3.63, 3.8) is 0 Å². The van der Waals surface area contributed by atoms with Gasteiger partial charge in [0.1, 0.15) is 11.6 Å². The lowest BCUT2D eigenvalue weighted by Gasteiger charge is -2.48. The fourth-order valence-electron chi connectivity index (χ4n) is 6.84. The highest BCUT2D eigenvalue weighted by molar-refractivity contribution is 6.21. The number of Topliss-reactive ketones (excluding diaryl/α,β-unsaturated/α-hetero) is 6. The van der Waals surface area contributed by atoms with Gasteiger partial charge in [-0.3, -0.25) is 28.8 Å². The number of hydrogen-bond donors (Lipinski definition) is 0. The molecule has 4 fully saturated rings. The molecule has 4 aliphatic rings. The summed E-state index contributed by atoms with van der Waals surface area (Å²) in [5, 5.41) is 0. The van der Waals surface area contributed by atoms with Crippen LogP contribution in [0.25, 0.3) is 0 Å². The molecule has 0 aromatic carbocycles. The first-order valence-corrected chi connectivity index (χ1v) is 11.7. The summed E-state index contributed by atoms with van der Waals surface area (Å²) in [5.74, 6) is -1.59. The van der Waals surface area contributed by atoms with Crippen LogP contribution in [0.2, 0.25) is 0 Å². The monoisotopic (exact) mass is 444 g/mol. The zero-order valence-corrected chi connectivity index (χ0v) is 20.6. The third kappa shape index (κ3) is 3.36. The Labute approximate surface area is 190 Å². The van der Waals surface area contributed by atoms with Crippen molar-refractivity contribution in [1.29, 1.82) is 0 Å². The Morgan fingerprint density at radius 1 is 0.531 bits per heavy atom. The second kappa shape index (κ2) is 7.26. The van der Waals surface area contributed by atoms with E-state index in [2.05, 4.69) is 0 Å². The summed E-state index contributed by atoms with van der Waals surface area (Å²) in [7, 11) is 0. The zero-order chi connectivity index (χ0) is 24.6. The third-order valence-electron chi connectivity index (χ3n) is 8.47. The van der Waals surface area contributed by atoms with E-state index in [1.807, 2.05) is 41.5 Å². The van der Waals surface area contributed by atoms with Crippen molar-refractivity contribution < 1.29 is 28.8 Å². The van der Waals surface area contributed by atoms with Crippen molar-refractivity contribution in [2.75, 3.05) is 0 Å². The lowest BCUT2D eigenvalue weighted by atomic mass is 9.51. The van der Waals surface area contributed by atoms with Crippen molar-refractivity contribution in [3.05, 3.63) is 0 Å². The van der Waals surface area contributed by atoms with E-state index in [4.69, 9.17) is 0 Å². The summed E-state index contributed by atoms with van der Waals surface area (Å²) in [4.78, 5) is 72.8. The molecule has 4 bridgehead atoms. The topological polar surface area (TPSA) is 102 Å². The Bertz CT molecular complexity index is 864. The number of fused-ring (bicyclic) bond motifs is 4. The number of carbonyl (C=O) groups is 6. The van der Waals surface area contributed by atoms with Gasteiger partial charge in [0.05, 0.1) is 22.7 Å². The molecule has 4 saturated carbocycles. The molecule has 0 aromatic rings. The zero-order valence-electron chi connectivity index (χ0n) is 20.6. The second-order valence-corrected chi connectivity index (χ2v) is 12.3. The molecule has 4 aliphatic carbocycles. The Hall–Kier alpha value is -1.98. The molecule has 0 radical (unpaired) electrons. The van der Waals surface area contributed by atoms with E-state index in [9.17, 15) is 28.8 Å². The molecule has 0 unspecified atom stereocenters. The third-order valence-corrected chi connectivity index (χ3v) is 8.47. The van der Waals surface area contributed by atoms with Crippen LogP contribution in [0.1, 0.15) is 81.1 Å². The minimum absolute atomic E-state index is 0.0144. The first-order chi connectivity index (χ1) is 14.4. The van der Waals surface area contributed by atoms with E-state index in [0.717, 1.165) is 0 Å². The van der Waals surface area contributed by atoms with Crippen molar-refractivity contribution >= 4 is 34.7 Å². The van der Waals surface area contributed by atoms with Crippen LogP contribution in [0.15, 0.2) is 0 Å². The lowest BCUT2D eigenvalue weighted by Crippen LogP contribution is -2.59. The molecule has 0 saturated heterocycles. The highest BCUT2D eigenvalue weighted by Gasteiger charge is 2.61. The molecule has 0 amide bonds. The Morgan fingerprint density at radius 3 is 1.09 bits per heavy atom. The van der Waals surface area contributed by atoms with E-state index in [-0.39, 0.29) is 46.5 Å². The molecular formula is C26H36O6. The van der Waals surface area contributed by atoms with Crippen LogP contribution in [-0.4, -0.2) is 34.7 Å². The smallest absolute Gasteiger partial charge is 0.156 e. The van der Waals surface area contributed by atoms with E-state index in [0.29, 0.717) is 25.7 Å². The van der Waals surface area contributed by atoms with Crippen molar-refractivity contribution in [1.82, 2.24) is 0 Å². The fraction of sp³-hybridized carbons (Fsp3) is 0.769. The van der Waals surface area contributed by atoms with Crippen LogP contribution in [-0.2, 0) is 28.8 Å². The molecular weight excluding hydrogens is 408 g/mol. The molecule has 0 spiro atoms. The highest BCUT2D eigenvalue weighted by Crippen LogP contribution is 2.52. The molecule has 6 atom stereocenters. The average molecular weight is 445 g/mol. The van der Waals surface area contributed by atoms with Crippen LogP contribution < -0.4 is 0 Å². The van der Waals surface area contributed by atoms with Crippen molar-refractivity contribution in [3.8, 4) is 0 Å². The predicted octanol–water partition coefficient (Wildman–Crippen LogP) is 3.57. The Morgan fingerprint density at radius 2 is 0.812 bits per heavy atom. The summed E-state index contributed by atoms with van der Waals surface area (Å²) in [5.41, 5.74) is -2.91. The minimum atomic E-state index is -0.917. The standard InChI is InChI=1S/2C13H18O3/c2*1-7-5-13(4)10(15)8(9(7)14)6-12(2,3)11(13)16/h2*7-8H,5-6H2,1-4H3/t2*7-,8+,13-/m10/s1. The minimum Gasteiger partial charge on any atom is -0.299 e. The maximum Gasteiger partial charge on any atom is 0.156 e. The SMILES string of the molecule is C[C@@H]1C[C@]2(C)C(=O)[C@@H](CC(C)(C)C2=O)C1=O.C[C@H]1C[C@@]2(C)C(=O)[C@H](CC(C)(C)C2=O)C1=O. The maximum absolute atomic E-state index is 12.3. The van der Waals surface area contributed by atoms with Crippen LogP contribution in [0, 0.1) is 45.3 Å². The summed E-state index contributed by atoms with van der Waals surface area (Å²) in [6.07, 6.45) is 1.57. The molecule has 6 nitrogen and oxygen atoms in total. The number of hydrogen-bond acceptors (Lipinski definition) is 6. The normalized spacial score (nSPS) is 42.4. The van der Waals surface area contributed by atoms with Crippen LogP contribution in [0.3, 0.4) is 0 Å². The Kier molecular flexibility index (Phi) is 5.59. The fourth-order valence-corrected chi connectivity index (χ4v) is 6.84. The van der Waals surface area contributed by atoms with E-state index >= 15 is 0 Å². The summed E-state index contributed by atoms with van der Waals surface area (Å²) < 4.78 is 0. The Balaban J connectivity index is 0.000000181. The summed E-state index contributed by atoms with van der Waals surface area (Å²) in [6.45, 7) is 14.5. The van der Waals surface area contributed by atoms with Crippen molar-refractivity contribution in [2.45, 2.75) is 81.1 Å². The van der Waals surface area contributed by atoms with Gasteiger partial charge in [-0.15, -0.1) is 0 Å².